The largest absolute Gasteiger partial charge is 0.399 e. The minimum absolute atomic E-state index is 0.0695. The predicted octanol–water partition coefficient (Wildman–Crippen LogP) is 3.58. The lowest BCUT2D eigenvalue weighted by atomic mass is 9.97. The summed E-state index contributed by atoms with van der Waals surface area (Å²) in [5.74, 6) is 0.150. The molecule has 2 aromatic rings. The van der Waals surface area contributed by atoms with Crippen LogP contribution in [0.2, 0.25) is 0 Å². The molecule has 3 rings (SSSR count). The van der Waals surface area contributed by atoms with Crippen molar-refractivity contribution in [2.24, 2.45) is 0 Å². The van der Waals surface area contributed by atoms with Gasteiger partial charge in [0, 0.05) is 12.1 Å². The number of benzene rings is 2. The molecule has 1 aliphatic heterocycles. The zero-order valence-electron chi connectivity index (χ0n) is 14.9. The molecule has 1 atom stereocenters. The Morgan fingerprint density at radius 1 is 1.16 bits per heavy atom. The number of para-hydroxylation sites is 1. The van der Waals surface area contributed by atoms with E-state index in [-0.39, 0.29) is 17.6 Å². The van der Waals surface area contributed by atoms with Gasteiger partial charge >= 0.3 is 0 Å². The summed E-state index contributed by atoms with van der Waals surface area (Å²) >= 11 is 0. The van der Waals surface area contributed by atoms with Gasteiger partial charge in [0.25, 0.3) is 0 Å². The predicted molar refractivity (Wildman–Crippen MR) is 100 cm³/mol. The van der Waals surface area contributed by atoms with Gasteiger partial charge in [0.1, 0.15) is 6.10 Å². The third-order valence-corrected chi connectivity index (χ3v) is 4.85. The molecule has 1 fully saturated rings. The number of nitrogens with two attached hydrogens (primary N) is 1. The van der Waals surface area contributed by atoms with Crippen LogP contribution in [-0.4, -0.2) is 29.5 Å². The van der Waals surface area contributed by atoms with Crippen molar-refractivity contribution in [3.63, 3.8) is 0 Å². The minimum atomic E-state index is -0.301. The van der Waals surface area contributed by atoms with Crippen LogP contribution in [0, 0.1) is 0 Å². The molecule has 1 saturated heterocycles. The fourth-order valence-electron chi connectivity index (χ4n) is 3.30. The van der Waals surface area contributed by atoms with E-state index in [1.54, 1.807) is 0 Å². The Kier molecular flexibility index (Phi) is 5.09. The smallest absolute Gasteiger partial charge is 0.223 e. The molecule has 0 saturated carbocycles. The van der Waals surface area contributed by atoms with E-state index in [0.717, 1.165) is 16.8 Å². The molecule has 0 aliphatic carbocycles. The molecule has 0 spiro atoms. The maximum Gasteiger partial charge on any atom is 0.223 e. The topological polar surface area (TPSA) is 55.6 Å². The number of hydrogen-bond acceptors (Lipinski definition) is 3. The Labute approximate surface area is 149 Å². The van der Waals surface area contributed by atoms with E-state index in [0.29, 0.717) is 26.0 Å². The highest BCUT2D eigenvalue weighted by molar-refractivity contribution is 5.77. The number of amides is 1. The highest BCUT2D eigenvalue weighted by Gasteiger charge is 2.38. The van der Waals surface area contributed by atoms with Gasteiger partial charge in [-0.05, 0) is 37.5 Å². The molecule has 132 valence electrons. The number of carbonyl (C=O) groups is 1. The number of morpholine rings is 1. The lowest BCUT2D eigenvalue weighted by Crippen LogP contribution is -2.56. The van der Waals surface area contributed by atoms with E-state index in [9.17, 15) is 4.79 Å². The van der Waals surface area contributed by atoms with E-state index in [4.69, 9.17) is 10.5 Å². The highest BCUT2D eigenvalue weighted by atomic mass is 16.5. The Balaban J connectivity index is 1.69. The van der Waals surface area contributed by atoms with Crippen LogP contribution in [0.25, 0.3) is 0 Å². The first-order valence-corrected chi connectivity index (χ1v) is 8.78. The van der Waals surface area contributed by atoms with E-state index in [1.165, 1.54) is 0 Å². The molecule has 4 heteroatoms. The van der Waals surface area contributed by atoms with Crippen molar-refractivity contribution < 1.29 is 9.53 Å². The normalized spacial score (nSPS) is 19.6. The lowest BCUT2D eigenvalue weighted by Gasteiger charge is -2.45. The summed E-state index contributed by atoms with van der Waals surface area (Å²) in [4.78, 5) is 14.9. The molecule has 2 aromatic carbocycles. The summed E-state index contributed by atoms with van der Waals surface area (Å²) in [7, 11) is 0. The first kappa shape index (κ1) is 17.5. The number of carbonyl (C=O) groups excluding carboxylic acids is 1. The van der Waals surface area contributed by atoms with Gasteiger partial charge in [-0.25, -0.2) is 0 Å². The number of nitrogen functional groups attached to an aromatic ring is 1. The Hall–Kier alpha value is -2.33. The van der Waals surface area contributed by atoms with Gasteiger partial charge in [-0.1, -0.05) is 48.5 Å². The molecule has 0 bridgehead atoms. The molecular formula is C21H26N2O2. The van der Waals surface area contributed by atoms with Crippen molar-refractivity contribution in [1.29, 1.82) is 0 Å². The number of ether oxygens (including phenoxy) is 1. The van der Waals surface area contributed by atoms with Crippen LogP contribution in [0.15, 0.2) is 54.6 Å². The number of hydrogen-bond donors (Lipinski definition) is 1. The van der Waals surface area contributed by atoms with Gasteiger partial charge in [0.2, 0.25) is 5.91 Å². The maximum atomic E-state index is 12.9. The number of rotatable bonds is 4. The molecule has 2 N–H and O–H groups in total. The molecule has 25 heavy (non-hydrogen) atoms. The highest BCUT2D eigenvalue weighted by Crippen LogP contribution is 2.31. The minimum Gasteiger partial charge on any atom is -0.399 e. The van der Waals surface area contributed by atoms with Crippen LogP contribution in [0.4, 0.5) is 5.69 Å². The Morgan fingerprint density at radius 2 is 1.84 bits per heavy atom. The molecule has 0 radical (unpaired) electrons. The molecule has 1 heterocycles. The molecular weight excluding hydrogens is 312 g/mol. The fourth-order valence-corrected chi connectivity index (χ4v) is 3.30. The summed E-state index contributed by atoms with van der Waals surface area (Å²) in [6.45, 7) is 5.23. The van der Waals surface area contributed by atoms with E-state index >= 15 is 0 Å². The molecule has 1 aliphatic rings. The summed E-state index contributed by atoms with van der Waals surface area (Å²) in [5, 5.41) is 0. The first-order valence-electron chi connectivity index (χ1n) is 8.78. The second-order valence-corrected chi connectivity index (χ2v) is 7.23. The zero-order chi connectivity index (χ0) is 17.9. The van der Waals surface area contributed by atoms with Crippen LogP contribution < -0.4 is 5.73 Å². The maximum absolute atomic E-state index is 12.9. The molecule has 4 nitrogen and oxygen atoms in total. The first-order chi connectivity index (χ1) is 12.0. The average molecular weight is 338 g/mol. The second-order valence-electron chi connectivity index (χ2n) is 7.23. The number of anilines is 1. The number of aryl methyl sites for hydroxylation is 1. The van der Waals surface area contributed by atoms with Gasteiger partial charge < -0.3 is 15.4 Å². The van der Waals surface area contributed by atoms with Gasteiger partial charge in [-0.3, -0.25) is 4.79 Å². The summed E-state index contributed by atoms with van der Waals surface area (Å²) < 4.78 is 6.03. The summed E-state index contributed by atoms with van der Waals surface area (Å²) in [5.41, 5.74) is 8.58. The summed E-state index contributed by atoms with van der Waals surface area (Å²) in [6, 6.07) is 17.8. The van der Waals surface area contributed by atoms with Crippen LogP contribution >= 0.6 is 0 Å². The van der Waals surface area contributed by atoms with Gasteiger partial charge in [0.05, 0.1) is 18.7 Å². The third-order valence-electron chi connectivity index (χ3n) is 4.85. The average Bonchev–Trinajstić information content (AvgIpc) is 2.61. The third kappa shape index (κ3) is 4.02. The summed E-state index contributed by atoms with van der Waals surface area (Å²) in [6.07, 6.45) is 1.05. The lowest BCUT2D eigenvalue weighted by molar-refractivity contribution is -0.154. The van der Waals surface area contributed by atoms with Crippen LogP contribution in [0.1, 0.15) is 37.5 Å². The fraction of sp³-hybridized carbons (Fsp3) is 0.381. The van der Waals surface area contributed by atoms with Crippen molar-refractivity contribution >= 4 is 11.6 Å². The van der Waals surface area contributed by atoms with Gasteiger partial charge in [-0.2, -0.15) is 0 Å². The standard InChI is InChI=1S/C21H26N2O2/c1-21(2)15-25-19(17-9-4-3-5-10-17)14-23(21)20(24)13-12-16-8-6-7-11-18(16)22/h3-11,19H,12-15,22H2,1-2H3. The van der Waals surface area contributed by atoms with Crippen LogP contribution in [0.3, 0.4) is 0 Å². The Morgan fingerprint density at radius 3 is 2.56 bits per heavy atom. The van der Waals surface area contributed by atoms with E-state index in [1.807, 2.05) is 47.4 Å². The molecule has 1 amide bonds. The quantitative estimate of drug-likeness (QED) is 0.867. The van der Waals surface area contributed by atoms with E-state index < -0.39 is 0 Å². The van der Waals surface area contributed by atoms with Crippen LogP contribution in [0.5, 0.6) is 0 Å². The van der Waals surface area contributed by atoms with Crippen molar-refractivity contribution in [2.45, 2.75) is 38.3 Å². The van der Waals surface area contributed by atoms with Crippen molar-refractivity contribution in [2.75, 3.05) is 18.9 Å². The molecule has 1 unspecified atom stereocenters. The van der Waals surface area contributed by atoms with Gasteiger partial charge in [0.15, 0.2) is 0 Å². The van der Waals surface area contributed by atoms with Crippen molar-refractivity contribution in [3.05, 3.63) is 65.7 Å². The van der Waals surface area contributed by atoms with Gasteiger partial charge in [-0.15, -0.1) is 0 Å². The van der Waals surface area contributed by atoms with Crippen LogP contribution in [-0.2, 0) is 16.0 Å². The Bertz CT molecular complexity index is 728. The zero-order valence-corrected chi connectivity index (χ0v) is 14.9. The SMILES string of the molecule is CC1(C)COC(c2ccccc2)CN1C(=O)CCc1ccccc1N. The second kappa shape index (κ2) is 7.28. The molecule has 0 aromatic heterocycles. The number of nitrogens with zero attached hydrogens (tertiary/aromatic N) is 1. The monoisotopic (exact) mass is 338 g/mol. The van der Waals surface area contributed by atoms with Crippen molar-refractivity contribution in [3.8, 4) is 0 Å². The van der Waals surface area contributed by atoms with E-state index in [2.05, 4.69) is 26.0 Å². The van der Waals surface area contributed by atoms with Crippen molar-refractivity contribution in [1.82, 2.24) is 4.90 Å².